The SMILES string of the molecule is CCCC/C=C/[PH](c1ccccc1)(c1ccccc1)c1ccccc1. The average Bonchev–Trinajstić information content (AvgIpc) is 2.70. The molecule has 3 rings (SSSR count). The van der Waals surface area contributed by atoms with E-state index in [9.17, 15) is 0 Å². The summed E-state index contributed by atoms with van der Waals surface area (Å²) >= 11 is 0. The van der Waals surface area contributed by atoms with E-state index in [2.05, 4.69) is 110 Å². The Hall–Kier alpha value is -2.17. The fourth-order valence-corrected chi connectivity index (χ4v) is 7.73. The van der Waals surface area contributed by atoms with E-state index >= 15 is 0 Å². The van der Waals surface area contributed by atoms with Gasteiger partial charge in [0, 0.05) is 0 Å². The first kappa shape index (κ1) is 17.6. The van der Waals surface area contributed by atoms with Gasteiger partial charge >= 0.3 is 152 Å². The molecule has 0 saturated heterocycles. The molecule has 0 atom stereocenters. The summed E-state index contributed by atoms with van der Waals surface area (Å²) in [4.78, 5) is 0. The summed E-state index contributed by atoms with van der Waals surface area (Å²) in [6.07, 6.45) is 6.06. The molecular weight excluding hydrogens is 319 g/mol. The molecule has 0 heterocycles. The summed E-state index contributed by atoms with van der Waals surface area (Å²) < 4.78 is 0. The molecule has 0 radical (unpaired) electrons. The number of benzene rings is 3. The molecule has 0 unspecified atom stereocenters. The molecule has 0 nitrogen and oxygen atoms in total. The topological polar surface area (TPSA) is 0 Å². The molecule has 3 aromatic rings. The first-order valence-electron chi connectivity index (χ1n) is 9.22. The summed E-state index contributed by atoms with van der Waals surface area (Å²) in [5.74, 6) is 2.54. The van der Waals surface area contributed by atoms with Crippen molar-refractivity contribution in [3.8, 4) is 0 Å². The molecule has 0 aliphatic heterocycles. The molecule has 0 aliphatic rings. The van der Waals surface area contributed by atoms with Gasteiger partial charge in [-0.2, -0.15) is 0 Å². The van der Waals surface area contributed by atoms with Gasteiger partial charge in [0.2, 0.25) is 0 Å². The third-order valence-electron chi connectivity index (χ3n) is 4.78. The van der Waals surface area contributed by atoms with Crippen LogP contribution in [0.15, 0.2) is 103 Å². The zero-order valence-corrected chi connectivity index (χ0v) is 15.9. The van der Waals surface area contributed by atoms with E-state index in [4.69, 9.17) is 0 Å². The van der Waals surface area contributed by atoms with Gasteiger partial charge < -0.3 is 0 Å². The monoisotopic (exact) mass is 346 g/mol. The van der Waals surface area contributed by atoms with Crippen LogP contribution < -0.4 is 15.9 Å². The van der Waals surface area contributed by atoms with Crippen LogP contribution in [0.2, 0.25) is 0 Å². The number of hydrogen-bond donors (Lipinski definition) is 0. The number of hydrogen-bond acceptors (Lipinski definition) is 0. The van der Waals surface area contributed by atoms with Crippen LogP contribution in [-0.4, -0.2) is 0 Å². The third kappa shape index (κ3) is 3.91. The van der Waals surface area contributed by atoms with Gasteiger partial charge in [-0.3, -0.25) is 0 Å². The van der Waals surface area contributed by atoms with Crippen molar-refractivity contribution >= 4 is 23.2 Å². The van der Waals surface area contributed by atoms with Crippen molar-refractivity contribution in [2.75, 3.05) is 0 Å². The molecule has 0 N–H and O–H groups in total. The predicted octanol–water partition coefficient (Wildman–Crippen LogP) is 5.42. The van der Waals surface area contributed by atoms with E-state index < -0.39 is 7.26 Å². The Morgan fingerprint density at radius 3 is 1.40 bits per heavy atom. The molecule has 0 bridgehead atoms. The van der Waals surface area contributed by atoms with Crippen molar-refractivity contribution in [3.05, 3.63) is 103 Å². The third-order valence-corrected chi connectivity index (χ3v) is 9.25. The first-order chi connectivity index (χ1) is 12.4. The quantitative estimate of drug-likeness (QED) is 0.396. The molecule has 0 amide bonds. The van der Waals surface area contributed by atoms with Crippen LogP contribution in [0.4, 0.5) is 0 Å². The van der Waals surface area contributed by atoms with Gasteiger partial charge in [-0.25, -0.2) is 0 Å². The molecule has 0 spiro atoms. The van der Waals surface area contributed by atoms with E-state index in [1.54, 1.807) is 0 Å². The fraction of sp³-hybridized carbons (Fsp3) is 0.167. The van der Waals surface area contributed by atoms with Crippen LogP contribution in [0.1, 0.15) is 26.2 Å². The molecule has 0 fully saturated rings. The fourth-order valence-electron chi connectivity index (χ4n) is 3.47. The standard InChI is InChI=1S/C24H27P/c1-2-3-4-14-21-25(22-15-8-5-9-16-22,23-17-10-6-11-18-23)24-19-12-7-13-20-24/h5-21,25H,2-4H2,1H3/b21-14+. The molecule has 128 valence electrons. The normalized spacial score (nSPS) is 12.4. The Balaban J connectivity index is 2.22. The maximum atomic E-state index is 2.54. The first-order valence-corrected chi connectivity index (χ1v) is 11.3. The molecule has 0 aromatic heterocycles. The number of rotatable bonds is 7. The second kappa shape index (κ2) is 8.79. The predicted molar refractivity (Wildman–Crippen MR) is 115 cm³/mol. The van der Waals surface area contributed by atoms with Crippen LogP contribution in [0.5, 0.6) is 0 Å². The molecular formula is C24H27P. The van der Waals surface area contributed by atoms with Crippen LogP contribution >= 0.6 is 7.26 Å². The van der Waals surface area contributed by atoms with E-state index in [0.717, 1.165) is 6.42 Å². The molecule has 3 aromatic carbocycles. The van der Waals surface area contributed by atoms with Gasteiger partial charge in [-0.15, -0.1) is 0 Å². The number of allylic oxidation sites excluding steroid dienone is 1. The van der Waals surface area contributed by atoms with E-state index in [1.165, 1.54) is 28.8 Å². The van der Waals surface area contributed by atoms with Gasteiger partial charge in [0.1, 0.15) is 0 Å². The molecule has 0 saturated carbocycles. The van der Waals surface area contributed by atoms with Gasteiger partial charge in [-0.1, -0.05) is 0 Å². The second-order valence-electron chi connectivity index (χ2n) is 6.45. The Morgan fingerprint density at radius 2 is 1.04 bits per heavy atom. The van der Waals surface area contributed by atoms with Crippen molar-refractivity contribution in [1.82, 2.24) is 0 Å². The zero-order chi connectivity index (χ0) is 17.4. The minimum atomic E-state index is -2.15. The Morgan fingerprint density at radius 1 is 0.640 bits per heavy atom. The minimum absolute atomic E-state index is 1.15. The molecule has 0 aliphatic carbocycles. The number of unbranched alkanes of at least 4 members (excludes halogenated alkanes) is 2. The van der Waals surface area contributed by atoms with E-state index in [-0.39, 0.29) is 0 Å². The van der Waals surface area contributed by atoms with Crippen LogP contribution in [0.3, 0.4) is 0 Å². The Labute approximate surface area is 152 Å². The second-order valence-corrected chi connectivity index (χ2v) is 10.1. The summed E-state index contributed by atoms with van der Waals surface area (Å²) in [5.41, 5.74) is 0. The summed E-state index contributed by atoms with van der Waals surface area (Å²) in [7, 11) is -2.15. The van der Waals surface area contributed by atoms with Crippen molar-refractivity contribution < 1.29 is 0 Å². The van der Waals surface area contributed by atoms with Crippen molar-refractivity contribution in [3.63, 3.8) is 0 Å². The zero-order valence-electron chi connectivity index (χ0n) is 14.9. The maximum absolute atomic E-state index is 2.54. The Bertz CT molecular complexity index is 679. The van der Waals surface area contributed by atoms with Crippen LogP contribution in [0, 0.1) is 0 Å². The van der Waals surface area contributed by atoms with Gasteiger partial charge in [0.25, 0.3) is 0 Å². The molecule has 1 heteroatoms. The van der Waals surface area contributed by atoms with Gasteiger partial charge in [0.15, 0.2) is 0 Å². The van der Waals surface area contributed by atoms with Crippen molar-refractivity contribution in [1.29, 1.82) is 0 Å². The summed E-state index contributed by atoms with van der Waals surface area (Å²) in [5, 5.41) is 4.33. The summed E-state index contributed by atoms with van der Waals surface area (Å²) in [6.45, 7) is 2.25. The van der Waals surface area contributed by atoms with Gasteiger partial charge in [0.05, 0.1) is 0 Å². The van der Waals surface area contributed by atoms with Crippen molar-refractivity contribution in [2.24, 2.45) is 0 Å². The van der Waals surface area contributed by atoms with Crippen LogP contribution in [0.25, 0.3) is 0 Å². The average molecular weight is 346 g/mol. The Kier molecular flexibility index (Phi) is 6.20. The summed E-state index contributed by atoms with van der Waals surface area (Å²) in [6, 6.07) is 33.2. The van der Waals surface area contributed by atoms with Crippen molar-refractivity contribution in [2.45, 2.75) is 26.2 Å². The van der Waals surface area contributed by atoms with Gasteiger partial charge in [-0.05, 0) is 0 Å². The van der Waals surface area contributed by atoms with E-state index in [0.29, 0.717) is 0 Å². The van der Waals surface area contributed by atoms with E-state index in [1.807, 2.05) is 0 Å². The van der Waals surface area contributed by atoms with Crippen LogP contribution in [-0.2, 0) is 0 Å². The molecule has 25 heavy (non-hydrogen) atoms.